The molecule has 0 spiro atoms. The van der Waals surface area contributed by atoms with E-state index in [1.807, 2.05) is 0 Å². The van der Waals surface area contributed by atoms with Gasteiger partial charge in [0.05, 0.1) is 24.0 Å². The van der Waals surface area contributed by atoms with Crippen LogP contribution in [0.4, 0.5) is 10.2 Å². The number of alkyl halides is 1. The molecule has 3 aliphatic rings. The van der Waals surface area contributed by atoms with Crippen molar-refractivity contribution < 1.29 is 45.9 Å². The van der Waals surface area contributed by atoms with Gasteiger partial charge in [-0.3, -0.25) is 18.4 Å². The zero-order chi connectivity index (χ0) is 32.3. The van der Waals surface area contributed by atoms with Crippen LogP contribution < -0.4 is 11.5 Å². The van der Waals surface area contributed by atoms with E-state index >= 15 is 4.39 Å². The average Bonchev–Trinajstić information content (AvgIpc) is 3.80. The van der Waals surface area contributed by atoms with Crippen molar-refractivity contribution in [1.82, 2.24) is 34.5 Å². The monoisotopic (exact) mass is 714 g/mol. The van der Waals surface area contributed by atoms with E-state index in [2.05, 4.69) is 43.5 Å². The molecule has 3 saturated heterocycles. The first-order valence-corrected chi connectivity index (χ1v) is 18.4. The van der Waals surface area contributed by atoms with E-state index in [-0.39, 0.29) is 33.6 Å². The van der Waals surface area contributed by atoms with Crippen molar-refractivity contribution in [3.63, 3.8) is 0 Å². The van der Waals surface area contributed by atoms with Gasteiger partial charge in [0, 0.05) is 15.0 Å². The largest absolute Gasteiger partial charge is 0.698 e. The van der Waals surface area contributed by atoms with Gasteiger partial charge in [-0.05, 0) is 17.7 Å². The summed E-state index contributed by atoms with van der Waals surface area (Å²) in [5.74, 6) is -0.648. The SMILES string of the molecule is C=C1[C@H]2O[P+](=O)OC[C@H]3O[C@@H](n4cnc5c(N)ncnc54)[C@H](F)[C@@H]3O[P@@](=O)(SS)OC[C@H]1O[C@H]2n1nnc2c(C(N)=O)cccc21. The number of nitrogens with zero attached hydrogens (tertiary/aromatic N) is 7. The van der Waals surface area contributed by atoms with Gasteiger partial charge in [0.1, 0.15) is 42.3 Å². The summed E-state index contributed by atoms with van der Waals surface area (Å²) in [4.78, 5) is 24.1. The number of hydrogen-bond acceptors (Lipinski definition) is 17. The van der Waals surface area contributed by atoms with E-state index in [0.717, 1.165) is 0 Å². The van der Waals surface area contributed by atoms with E-state index in [1.54, 1.807) is 12.1 Å². The minimum atomic E-state index is -4.22. The lowest BCUT2D eigenvalue weighted by molar-refractivity contribution is -0.0593. The van der Waals surface area contributed by atoms with Crippen molar-refractivity contribution in [2.75, 3.05) is 18.9 Å². The molecule has 3 aliphatic heterocycles. The van der Waals surface area contributed by atoms with Gasteiger partial charge in [0.25, 0.3) is 5.91 Å². The summed E-state index contributed by atoms with van der Waals surface area (Å²) < 4.78 is 80.3. The summed E-state index contributed by atoms with van der Waals surface area (Å²) in [6.45, 7) is -1.17. The number of carbonyl (C=O) groups excluding carboxylic acids is 1. The number of fused-ring (bicyclic) bond motifs is 5. The maximum atomic E-state index is 16.1. The highest BCUT2D eigenvalue weighted by Crippen LogP contribution is 2.65. The van der Waals surface area contributed by atoms with Crippen LogP contribution >= 0.6 is 37.1 Å². The standard InChI is InChI=1S/C23H22FN9O9P2S2/c1-9-12-6-38-44(36,46-45)42-18-13(40-22(14(18)24)32-8-29-16-19(25)27-7-28-21(16)32)5-37-43(35)41-17(9)23(39-12)33-11-4-2-3-10(20(26)34)15(11)30-31-33/h2-4,7-8,12-14,17-18,22-23H,1,5-6H2,(H4-,25,26,27,28,34,45)/p+1/t12-,13-,14-,17-,18-,22-,23-,44+/m1/s1. The molecule has 2 bridgehead atoms. The number of anilines is 1. The smallest absolute Gasteiger partial charge is 0.382 e. The number of thiol groups is 1. The van der Waals surface area contributed by atoms with Gasteiger partial charge >= 0.3 is 15.1 Å². The van der Waals surface area contributed by atoms with Crippen molar-refractivity contribution in [2.45, 2.75) is 43.0 Å². The van der Waals surface area contributed by atoms with E-state index in [0.29, 0.717) is 15.9 Å². The highest BCUT2D eigenvalue weighted by molar-refractivity contribution is 8.93. The number of hydrogen-bond donors (Lipinski definition) is 3. The Labute approximate surface area is 267 Å². The third-order valence-electron chi connectivity index (χ3n) is 7.56. The molecule has 23 heteroatoms. The number of halogens is 1. The van der Waals surface area contributed by atoms with Crippen LogP contribution in [0.3, 0.4) is 0 Å². The van der Waals surface area contributed by atoms with Crippen LogP contribution in [-0.4, -0.2) is 84.2 Å². The summed E-state index contributed by atoms with van der Waals surface area (Å²) in [5, 5.41) is 8.17. The molecule has 18 nitrogen and oxygen atoms in total. The van der Waals surface area contributed by atoms with Gasteiger partial charge in [-0.25, -0.2) is 28.6 Å². The third-order valence-corrected chi connectivity index (χ3v) is 12.5. The first-order chi connectivity index (χ1) is 22.1. The Kier molecular flexibility index (Phi) is 8.33. The highest BCUT2D eigenvalue weighted by Gasteiger charge is 2.54. The molecule has 0 aliphatic carbocycles. The molecule has 0 radical (unpaired) electrons. The molecule has 9 atom stereocenters. The van der Waals surface area contributed by atoms with Gasteiger partial charge in [-0.2, -0.15) is 0 Å². The Morgan fingerprint density at radius 3 is 2.80 bits per heavy atom. The highest BCUT2D eigenvalue weighted by atomic mass is 33.3. The summed E-state index contributed by atoms with van der Waals surface area (Å²) in [6, 6.07) is 4.68. The fourth-order valence-electron chi connectivity index (χ4n) is 5.37. The van der Waals surface area contributed by atoms with Crippen molar-refractivity contribution in [2.24, 2.45) is 5.73 Å². The lowest BCUT2D eigenvalue weighted by atomic mass is 10.1. The summed E-state index contributed by atoms with van der Waals surface area (Å²) >= 11 is 4.07. The molecular formula is C23H23FN9O9P2S2+. The van der Waals surface area contributed by atoms with E-state index in [1.165, 1.54) is 28.0 Å². The molecule has 4 N–H and O–H groups in total. The van der Waals surface area contributed by atoms with Crippen molar-refractivity contribution in [3.8, 4) is 0 Å². The van der Waals surface area contributed by atoms with E-state index in [9.17, 15) is 13.9 Å². The molecule has 3 aromatic heterocycles. The number of rotatable bonds is 4. The first-order valence-electron chi connectivity index (χ1n) is 13.3. The molecule has 46 heavy (non-hydrogen) atoms. The second kappa shape index (κ2) is 12.2. The summed E-state index contributed by atoms with van der Waals surface area (Å²) in [7, 11) is -2.50. The Balaban J connectivity index is 1.20. The van der Waals surface area contributed by atoms with Gasteiger partial charge in [-0.1, -0.05) is 29.5 Å². The average molecular weight is 715 g/mol. The predicted molar refractivity (Wildman–Crippen MR) is 161 cm³/mol. The van der Waals surface area contributed by atoms with Crippen LogP contribution in [-0.2, 0) is 36.7 Å². The van der Waals surface area contributed by atoms with Crippen LogP contribution in [0.15, 0.2) is 43.0 Å². The lowest BCUT2D eigenvalue weighted by Gasteiger charge is -2.24. The molecule has 4 aromatic rings. The fourth-order valence-corrected chi connectivity index (χ4v) is 8.65. The molecule has 7 rings (SSSR count). The number of ether oxygens (including phenoxy) is 2. The molecule has 3 fully saturated rings. The van der Waals surface area contributed by atoms with Crippen molar-refractivity contribution in [1.29, 1.82) is 0 Å². The zero-order valence-corrected chi connectivity index (χ0v) is 26.6. The third kappa shape index (κ3) is 5.39. The zero-order valence-electron chi connectivity index (χ0n) is 23.1. The number of primary amides is 1. The van der Waals surface area contributed by atoms with Crippen molar-refractivity contribution >= 4 is 71.0 Å². The minimum absolute atomic E-state index is 0.0711. The van der Waals surface area contributed by atoms with E-state index in [4.69, 9.17) is 39.0 Å². The van der Waals surface area contributed by atoms with Crippen LogP contribution in [0.2, 0.25) is 0 Å². The number of nitrogens with two attached hydrogens (primary N) is 2. The predicted octanol–water partition coefficient (Wildman–Crippen LogP) is 2.80. The number of nitrogen functional groups attached to an aromatic ring is 1. The molecule has 6 heterocycles. The Morgan fingerprint density at radius 2 is 2.02 bits per heavy atom. The maximum Gasteiger partial charge on any atom is 0.698 e. The van der Waals surface area contributed by atoms with Crippen LogP contribution in [0.25, 0.3) is 22.2 Å². The molecular weight excluding hydrogens is 691 g/mol. The molecule has 1 aromatic carbocycles. The summed E-state index contributed by atoms with van der Waals surface area (Å²) in [6.07, 6.45) is -7.04. The van der Waals surface area contributed by atoms with Gasteiger partial charge in [0.2, 0.25) is 0 Å². The normalized spacial score (nSPS) is 33.0. The minimum Gasteiger partial charge on any atom is -0.382 e. The number of imidazole rings is 1. The van der Waals surface area contributed by atoms with Crippen LogP contribution in [0, 0.1) is 0 Å². The van der Waals surface area contributed by atoms with Crippen LogP contribution in [0.5, 0.6) is 0 Å². The van der Waals surface area contributed by atoms with E-state index < -0.39 is 77.2 Å². The number of benzene rings is 1. The van der Waals surface area contributed by atoms with Gasteiger partial charge in [0.15, 0.2) is 36.2 Å². The number of amides is 1. The Morgan fingerprint density at radius 1 is 1.20 bits per heavy atom. The Hall–Kier alpha value is -3.10. The number of aromatic nitrogens is 7. The topological polar surface area (TPSA) is 233 Å². The molecule has 1 amide bonds. The Bertz CT molecular complexity index is 1930. The van der Waals surface area contributed by atoms with Crippen LogP contribution in [0.1, 0.15) is 22.8 Å². The van der Waals surface area contributed by atoms with Gasteiger partial charge < -0.3 is 20.9 Å². The summed E-state index contributed by atoms with van der Waals surface area (Å²) in [5.41, 5.74) is 12.6. The fraction of sp³-hybridized carbons (Fsp3) is 0.391. The maximum absolute atomic E-state index is 16.1. The molecule has 0 saturated carbocycles. The molecule has 1 unspecified atom stereocenters. The lowest BCUT2D eigenvalue weighted by Crippen LogP contribution is -2.33. The molecule has 242 valence electrons. The second-order valence-electron chi connectivity index (χ2n) is 10.2. The first kappa shape index (κ1) is 31.5. The second-order valence-corrected chi connectivity index (χ2v) is 15.9. The number of carbonyl (C=O) groups is 1. The van der Waals surface area contributed by atoms with Crippen molar-refractivity contribution in [3.05, 3.63) is 48.6 Å². The van der Waals surface area contributed by atoms with Gasteiger partial charge in [-0.15, -0.1) is 14.1 Å². The quantitative estimate of drug-likeness (QED) is 0.119.